The van der Waals surface area contributed by atoms with Gasteiger partial charge >= 0.3 is 0 Å². The Labute approximate surface area is 157 Å². The molecule has 0 aliphatic carbocycles. The van der Waals surface area contributed by atoms with E-state index in [0.717, 1.165) is 32.7 Å². The van der Waals surface area contributed by atoms with Gasteiger partial charge in [0.15, 0.2) is 0 Å². The molecule has 4 heteroatoms. The fourth-order valence-corrected chi connectivity index (χ4v) is 3.71. The van der Waals surface area contributed by atoms with Gasteiger partial charge < -0.3 is 4.74 Å². The molecule has 1 atom stereocenters. The van der Waals surface area contributed by atoms with E-state index in [-0.39, 0.29) is 0 Å². The summed E-state index contributed by atoms with van der Waals surface area (Å²) in [5.74, 6) is 0. The van der Waals surface area contributed by atoms with Gasteiger partial charge in [-0.3, -0.25) is 4.90 Å². The van der Waals surface area contributed by atoms with E-state index in [9.17, 15) is 0 Å². The monoisotopic (exact) mass is 432 g/mol. The first-order chi connectivity index (χ1) is 11.7. The molecule has 1 saturated heterocycles. The van der Waals surface area contributed by atoms with Crippen molar-refractivity contribution in [3.63, 3.8) is 0 Å². The van der Waals surface area contributed by atoms with E-state index in [2.05, 4.69) is 70.0 Å². The summed E-state index contributed by atoms with van der Waals surface area (Å²) in [5, 5.41) is 8.94. The van der Waals surface area contributed by atoms with Crippen LogP contribution in [-0.2, 0) is 17.8 Å². The minimum Gasteiger partial charge on any atom is -0.377 e. The number of hydrogen-bond donors (Lipinski definition) is 0. The molecule has 24 heavy (non-hydrogen) atoms. The van der Waals surface area contributed by atoms with E-state index in [4.69, 9.17) is 10.00 Å². The van der Waals surface area contributed by atoms with Crippen molar-refractivity contribution in [2.75, 3.05) is 13.2 Å². The lowest BCUT2D eigenvalue weighted by atomic mass is 10.1. The second kappa shape index (κ2) is 8.61. The zero-order chi connectivity index (χ0) is 16.8. The molecule has 0 spiro atoms. The Morgan fingerprint density at radius 1 is 1.12 bits per heavy atom. The lowest BCUT2D eigenvalue weighted by Gasteiger charge is -2.25. The molecule has 1 unspecified atom stereocenters. The molecule has 2 aromatic rings. The fraction of sp³-hybridized carbons (Fsp3) is 0.350. The van der Waals surface area contributed by atoms with Gasteiger partial charge in [0, 0.05) is 29.8 Å². The van der Waals surface area contributed by atoms with Crippen LogP contribution in [0.4, 0.5) is 0 Å². The first kappa shape index (κ1) is 17.4. The Hall–Kier alpha value is -1.42. The Kier molecular flexibility index (Phi) is 6.24. The number of rotatable bonds is 6. The van der Waals surface area contributed by atoms with E-state index in [1.807, 2.05) is 12.1 Å². The van der Waals surface area contributed by atoms with Gasteiger partial charge in [-0.1, -0.05) is 24.3 Å². The maximum absolute atomic E-state index is 8.94. The van der Waals surface area contributed by atoms with Crippen LogP contribution in [0.15, 0.2) is 48.5 Å². The van der Waals surface area contributed by atoms with E-state index in [1.165, 1.54) is 21.1 Å². The SMILES string of the molecule is N#Cc1ccc(CN(Cc2cccc(I)c2)CC2CCCO2)cc1. The smallest absolute Gasteiger partial charge is 0.0991 e. The van der Waals surface area contributed by atoms with Gasteiger partial charge in [-0.05, 0) is 70.8 Å². The third-order valence-corrected chi connectivity index (χ3v) is 4.94. The van der Waals surface area contributed by atoms with Crippen LogP contribution < -0.4 is 0 Å². The highest BCUT2D eigenvalue weighted by molar-refractivity contribution is 14.1. The molecule has 124 valence electrons. The third-order valence-electron chi connectivity index (χ3n) is 4.27. The number of halogens is 1. The van der Waals surface area contributed by atoms with Crippen molar-refractivity contribution >= 4 is 22.6 Å². The number of benzene rings is 2. The van der Waals surface area contributed by atoms with Crippen LogP contribution in [0.25, 0.3) is 0 Å². The maximum atomic E-state index is 8.94. The Morgan fingerprint density at radius 3 is 2.58 bits per heavy atom. The summed E-state index contributed by atoms with van der Waals surface area (Å²) < 4.78 is 7.10. The predicted octanol–water partition coefficient (Wildman–Crippen LogP) is 4.34. The number of nitriles is 1. The van der Waals surface area contributed by atoms with Crippen LogP contribution in [0.3, 0.4) is 0 Å². The fourth-order valence-electron chi connectivity index (χ4n) is 3.10. The van der Waals surface area contributed by atoms with Gasteiger partial charge in [-0.15, -0.1) is 0 Å². The minimum atomic E-state index is 0.339. The van der Waals surface area contributed by atoms with Crippen molar-refractivity contribution in [1.82, 2.24) is 4.90 Å². The molecular formula is C20H21IN2O. The van der Waals surface area contributed by atoms with Crippen LogP contribution in [-0.4, -0.2) is 24.2 Å². The Balaban J connectivity index is 1.71. The summed E-state index contributed by atoms with van der Waals surface area (Å²) in [6.07, 6.45) is 2.65. The van der Waals surface area contributed by atoms with Crippen LogP contribution in [0, 0.1) is 14.9 Å². The van der Waals surface area contributed by atoms with Gasteiger partial charge in [0.05, 0.1) is 17.7 Å². The summed E-state index contributed by atoms with van der Waals surface area (Å²) in [5.41, 5.74) is 3.27. The molecule has 0 saturated carbocycles. The summed E-state index contributed by atoms with van der Waals surface area (Å²) in [7, 11) is 0. The molecule has 1 aliphatic heterocycles. The molecule has 1 heterocycles. The summed E-state index contributed by atoms with van der Waals surface area (Å²) in [6.45, 7) is 3.62. The lowest BCUT2D eigenvalue weighted by Crippen LogP contribution is -2.31. The molecule has 1 fully saturated rings. The normalized spacial score (nSPS) is 17.1. The van der Waals surface area contributed by atoms with E-state index < -0.39 is 0 Å². The van der Waals surface area contributed by atoms with Crippen molar-refractivity contribution in [2.45, 2.75) is 32.0 Å². The predicted molar refractivity (Wildman–Crippen MR) is 103 cm³/mol. The van der Waals surface area contributed by atoms with Crippen LogP contribution in [0.2, 0.25) is 0 Å². The Morgan fingerprint density at radius 2 is 1.92 bits per heavy atom. The number of hydrogen-bond acceptors (Lipinski definition) is 3. The molecule has 0 aromatic heterocycles. The zero-order valence-electron chi connectivity index (χ0n) is 13.6. The second-order valence-corrected chi connectivity index (χ2v) is 7.49. The van der Waals surface area contributed by atoms with Crippen LogP contribution >= 0.6 is 22.6 Å². The van der Waals surface area contributed by atoms with Crippen molar-refractivity contribution in [1.29, 1.82) is 5.26 Å². The highest BCUT2D eigenvalue weighted by Crippen LogP contribution is 2.18. The number of nitrogens with zero attached hydrogens (tertiary/aromatic N) is 2. The largest absolute Gasteiger partial charge is 0.377 e. The molecule has 0 amide bonds. The van der Waals surface area contributed by atoms with E-state index in [1.54, 1.807) is 0 Å². The summed E-state index contributed by atoms with van der Waals surface area (Å²) in [4.78, 5) is 2.45. The Bertz CT molecular complexity index is 702. The molecule has 3 nitrogen and oxygen atoms in total. The quantitative estimate of drug-likeness (QED) is 0.638. The van der Waals surface area contributed by atoms with E-state index >= 15 is 0 Å². The first-order valence-electron chi connectivity index (χ1n) is 8.30. The zero-order valence-corrected chi connectivity index (χ0v) is 15.8. The van der Waals surface area contributed by atoms with Crippen molar-refractivity contribution in [3.05, 3.63) is 68.8 Å². The highest BCUT2D eigenvalue weighted by atomic mass is 127. The van der Waals surface area contributed by atoms with Crippen LogP contribution in [0.1, 0.15) is 29.5 Å². The molecule has 3 rings (SSSR count). The van der Waals surface area contributed by atoms with Crippen molar-refractivity contribution in [3.8, 4) is 6.07 Å². The van der Waals surface area contributed by atoms with Crippen molar-refractivity contribution in [2.24, 2.45) is 0 Å². The topological polar surface area (TPSA) is 36.3 Å². The summed E-state index contributed by atoms with van der Waals surface area (Å²) in [6, 6.07) is 18.7. The number of ether oxygens (including phenoxy) is 1. The van der Waals surface area contributed by atoms with Gasteiger partial charge in [0.2, 0.25) is 0 Å². The highest BCUT2D eigenvalue weighted by Gasteiger charge is 2.19. The molecule has 0 bridgehead atoms. The molecule has 0 N–H and O–H groups in total. The summed E-state index contributed by atoms with van der Waals surface area (Å²) >= 11 is 2.36. The maximum Gasteiger partial charge on any atom is 0.0991 e. The standard InChI is InChI=1S/C20H21IN2O/c21-19-4-1-3-18(11-19)14-23(15-20-5-2-10-24-20)13-17-8-6-16(12-22)7-9-17/h1,3-4,6-9,11,20H,2,5,10,13-15H2. The molecule has 2 aromatic carbocycles. The van der Waals surface area contributed by atoms with Gasteiger partial charge in [-0.2, -0.15) is 5.26 Å². The van der Waals surface area contributed by atoms with E-state index in [0.29, 0.717) is 11.7 Å². The average Bonchev–Trinajstić information content (AvgIpc) is 3.08. The molecule has 1 aliphatic rings. The van der Waals surface area contributed by atoms with Crippen LogP contribution in [0.5, 0.6) is 0 Å². The lowest BCUT2D eigenvalue weighted by molar-refractivity contribution is 0.0679. The molecule has 0 radical (unpaired) electrons. The first-order valence-corrected chi connectivity index (χ1v) is 9.38. The minimum absolute atomic E-state index is 0.339. The van der Waals surface area contributed by atoms with Crippen molar-refractivity contribution < 1.29 is 4.74 Å². The second-order valence-electron chi connectivity index (χ2n) is 6.24. The van der Waals surface area contributed by atoms with Gasteiger partial charge in [0.25, 0.3) is 0 Å². The average molecular weight is 432 g/mol. The van der Waals surface area contributed by atoms with Gasteiger partial charge in [0.1, 0.15) is 0 Å². The van der Waals surface area contributed by atoms with Gasteiger partial charge in [-0.25, -0.2) is 0 Å². The third kappa shape index (κ3) is 5.04. The molecular weight excluding hydrogens is 411 g/mol.